The fourth-order valence-corrected chi connectivity index (χ4v) is 4.31. The average Bonchev–Trinajstić information content (AvgIpc) is 3.17. The van der Waals surface area contributed by atoms with E-state index in [0.717, 1.165) is 38.0 Å². The van der Waals surface area contributed by atoms with E-state index in [1.54, 1.807) is 18.2 Å². The molecule has 0 unspecified atom stereocenters. The van der Waals surface area contributed by atoms with Gasteiger partial charge in [-0.2, -0.15) is 0 Å². The molecule has 154 valence electrons. The van der Waals surface area contributed by atoms with E-state index in [4.69, 9.17) is 4.74 Å². The number of rotatable bonds is 5. The molecule has 1 aromatic heterocycles. The van der Waals surface area contributed by atoms with Crippen LogP contribution in [0.2, 0.25) is 0 Å². The van der Waals surface area contributed by atoms with Crippen LogP contribution < -0.4 is 10.1 Å². The smallest absolute Gasteiger partial charge is 0.262 e. The molecule has 2 aliphatic rings. The minimum atomic E-state index is -0.195. The Hall–Kier alpha value is -3.19. The molecule has 30 heavy (non-hydrogen) atoms. The Bertz CT molecular complexity index is 1100. The molecule has 3 aromatic rings. The highest BCUT2D eigenvalue weighted by Gasteiger charge is 2.23. The summed E-state index contributed by atoms with van der Waals surface area (Å²) in [4.78, 5) is 31.0. The summed E-state index contributed by atoms with van der Waals surface area (Å²) in [5.74, 6) is 1.07. The summed E-state index contributed by atoms with van der Waals surface area (Å²) in [6.07, 6.45) is 4.06. The van der Waals surface area contributed by atoms with Crippen molar-refractivity contribution >= 4 is 28.4 Å². The van der Waals surface area contributed by atoms with Crippen molar-refractivity contribution in [3.63, 3.8) is 0 Å². The molecular formula is C23H24N4O3. The fourth-order valence-electron chi connectivity index (χ4n) is 4.31. The first-order chi connectivity index (χ1) is 14.7. The van der Waals surface area contributed by atoms with E-state index in [0.29, 0.717) is 29.5 Å². The summed E-state index contributed by atoms with van der Waals surface area (Å²) in [6.45, 7) is 3.20. The lowest BCUT2D eigenvalue weighted by Crippen LogP contribution is -2.38. The lowest BCUT2D eigenvalue weighted by molar-refractivity contribution is -0.118. The molecule has 2 aromatic carbocycles. The van der Waals surface area contributed by atoms with Crippen LogP contribution in [-0.4, -0.2) is 52.4 Å². The number of piperidine rings is 1. The average molecular weight is 404 g/mol. The van der Waals surface area contributed by atoms with E-state index < -0.39 is 0 Å². The zero-order chi connectivity index (χ0) is 20.5. The SMILES string of the molecule is O=C1COc2ccc(C(=O)CN3CCC(Cn4cnc5ccccc54)CC3)cc2N1. The first kappa shape index (κ1) is 18.8. The molecule has 0 bridgehead atoms. The van der Waals surface area contributed by atoms with E-state index in [2.05, 4.69) is 25.8 Å². The zero-order valence-corrected chi connectivity index (χ0v) is 16.7. The number of aromatic nitrogens is 2. The van der Waals surface area contributed by atoms with Crippen LogP contribution in [-0.2, 0) is 11.3 Å². The number of benzene rings is 2. The van der Waals surface area contributed by atoms with Crippen molar-refractivity contribution in [2.24, 2.45) is 5.92 Å². The van der Waals surface area contributed by atoms with Crippen LogP contribution in [0.1, 0.15) is 23.2 Å². The van der Waals surface area contributed by atoms with Gasteiger partial charge in [-0.15, -0.1) is 0 Å². The Kier molecular flexibility index (Phi) is 4.96. The number of carbonyl (C=O) groups is 2. The second-order valence-corrected chi connectivity index (χ2v) is 8.08. The molecule has 7 heteroatoms. The Morgan fingerprint density at radius 2 is 2.00 bits per heavy atom. The number of hydrogen-bond donors (Lipinski definition) is 1. The molecule has 7 nitrogen and oxygen atoms in total. The molecule has 1 fully saturated rings. The van der Waals surface area contributed by atoms with Crippen LogP contribution in [0, 0.1) is 5.92 Å². The number of ether oxygens (including phenoxy) is 1. The number of amides is 1. The minimum absolute atomic E-state index is 0.0180. The molecule has 3 heterocycles. The maximum atomic E-state index is 12.8. The van der Waals surface area contributed by atoms with Crippen LogP contribution in [0.5, 0.6) is 5.75 Å². The number of para-hydroxylation sites is 2. The van der Waals surface area contributed by atoms with Gasteiger partial charge in [0, 0.05) is 12.1 Å². The van der Waals surface area contributed by atoms with E-state index in [-0.39, 0.29) is 18.3 Å². The summed E-state index contributed by atoms with van der Waals surface area (Å²) in [5, 5.41) is 2.76. The van der Waals surface area contributed by atoms with Crippen LogP contribution in [0.25, 0.3) is 11.0 Å². The number of fused-ring (bicyclic) bond motifs is 2. The van der Waals surface area contributed by atoms with Crippen molar-refractivity contribution in [1.29, 1.82) is 0 Å². The predicted octanol–water partition coefficient (Wildman–Crippen LogP) is 2.96. The fraction of sp³-hybridized carbons (Fsp3) is 0.348. The summed E-state index contributed by atoms with van der Waals surface area (Å²) in [5.41, 5.74) is 3.39. The lowest BCUT2D eigenvalue weighted by atomic mass is 9.96. The van der Waals surface area contributed by atoms with E-state index in [1.807, 2.05) is 24.5 Å². The van der Waals surface area contributed by atoms with Gasteiger partial charge in [-0.05, 0) is 62.2 Å². The minimum Gasteiger partial charge on any atom is -0.482 e. The van der Waals surface area contributed by atoms with Crippen molar-refractivity contribution in [3.05, 3.63) is 54.4 Å². The third-order valence-corrected chi connectivity index (χ3v) is 5.99. The van der Waals surface area contributed by atoms with Gasteiger partial charge in [-0.3, -0.25) is 14.5 Å². The second-order valence-electron chi connectivity index (χ2n) is 8.08. The van der Waals surface area contributed by atoms with Gasteiger partial charge in [0.05, 0.1) is 29.6 Å². The maximum Gasteiger partial charge on any atom is 0.262 e. The van der Waals surface area contributed by atoms with E-state index >= 15 is 0 Å². The zero-order valence-electron chi connectivity index (χ0n) is 16.7. The number of Topliss-reactive ketones (excluding diaryl/α,β-unsaturated/α-hetero) is 1. The highest BCUT2D eigenvalue weighted by atomic mass is 16.5. The highest BCUT2D eigenvalue weighted by Crippen LogP contribution is 2.29. The predicted molar refractivity (Wildman–Crippen MR) is 114 cm³/mol. The second kappa shape index (κ2) is 7.91. The first-order valence-electron chi connectivity index (χ1n) is 10.4. The number of carbonyl (C=O) groups excluding carboxylic acids is 2. The van der Waals surface area contributed by atoms with Gasteiger partial charge in [0.1, 0.15) is 5.75 Å². The Morgan fingerprint density at radius 3 is 2.87 bits per heavy atom. The van der Waals surface area contributed by atoms with Gasteiger partial charge in [0.2, 0.25) is 0 Å². The maximum absolute atomic E-state index is 12.8. The van der Waals surface area contributed by atoms with E-state index in [9.17, 15) is 9.59 Å². The molecule has 1 amide bonds. The molecule has 0 aliphatic carbocycles. The quantitative estimate of drug-likeness (QED) is 0.662. The Morgan fingerprint density at radius 1 is 1.17 bits per heavy atom. The molecule has 0 spiro atoms. The number of ketones is 1. The topological polar surface area (TPSA) is 76.5 Å². The van der Waals surface area contributed by atoms with Crippen LogP contribution in [0.15, 0.2) is 48.8 Å². The number of hydrogen-bond acceptors (Lipinski definition) is 5. The molecule has 2 aliphatic heterocycles. The first-order valence-corrected chi connectivity index (χ1v) is 10.4. The van der Waals surface area contributed by atoms with Crippen molar-refractivity contribution in [2.75, 3.05) is 31.6 Å². The third kappa shape index (κ3) is 3.80. The molecule has 1 saturated heterocycles. The van der Waals surface area contributed by atoms with E-state index in [1.165, 1.54) is 5.52 Å². The number of likely N-dealkylation sites (tertiary alicyclic amines) is 1. The van der Waals surface area contributed by atoms with Gasteiger partial charge in [-0.1, -0.05) is 12.1 Å². The molecular weight excluding hydrogens is 380 g/mol. The van der Waals surface area contributed by atoms with Crippen molar-refractivity contribution in [1.82, 2.24) is 14.5 Å². The van der Waals surface area contributed by atoms with Crippen molar-refractivity contribution in [2.45, 2.75) is 19.4 Å². The van der Waals surface area contributed by atoms with Crippen LogP contribution in [0.4, 0.5) is 5.69 Å². The molecule has 1 N–H and O–H groups in total. The van der Waals surface area contributed by atoms with Gasteiger partial charge >= 0.3 is 0 Å². The molecule has 0 saturated carbocycles. The Balaban J connectivity index is 1.17. The third-order valence-electron chi connectivity index (χ3n) is 5.99. The summed E-state index contributed by atoms with van der Waals surface area (Å²) >= 11 is 0. The highest BCUT2D eigenvalue weighted by molar-refractivity contribution is 6.01. The van der Waals surface area contributed by atoms with Crippen molar-refractivity contribution in [3.8, 4) is 5.75 Å². The summed E-state index contributed by atoms with van der Waals surface area (Å²) in [6, 6.07) is 13.5. The number of imidazole rings is 1. The van der Waals surface area contributed by atoms with Gasteiger partial charge in [0.25, 0.3) is 5.91 Å². The summed E-state index contributed by atoms with van der Waals surface area (Å²) < 4.78 is 7.60. The van der Waals surface area contributed by atoms with Gasteiger partial charge in [0.15, 0.2) is 12.4 Å². The monoisotopic (exact) mass is 404 g/mol. The Labute approximate surface area is 174 Å². The number of anilines is 1. The number of nitrogens with zero attached hydrogens (tertiary/aromatic N) is 3. The van der Waals surface area contributed by atoms with Gasteiger partial charge in [-0.25, -0.2) is 4.98 Å². The molecule has 5 rings (SSSR count). The van der Waals surface area contributed by atoms with Crippen LogP contribution in [0.3, 0.4) is 0 Å². The normalized spacial score (nSPS) is 17.4. The molecule has 0 radical (unpaired) electrons. The van der Waals surface area contributed by atoms with Crippen LogP contribution >= 0.6 is 0 Å². The van der Waals surface area contributed by atoms with Crippen molar-refractivity contribution < 1.29 is 14.3 Å². The molecule has 0 atom stereocenters. The largest absolute Gasteiger partial charge is 0.482 e. The van der Waals surface area contributed by atoms with Gasteiger partial charge < -0.3 is 14.6 Å². The standard InChI is InChI=1S/C23H24N4O3/c28-21(17-5-6-22-19(11-17)25-23(29)14-30-22)13-26-9-7-16(8-10-26)12-27-15-24-18-3-1-2-4-20(18)27/h1-6,11,15-16H,7-10,12-14H2,(H,25,29). The lowest BCUT2D eigenvalue weighted by Gasteiger charge is -2.31. The number of nitrogens with one attached hydrogen (secondary N) is 1. The summed E-state index contributed by atoms with van der Waals surface area (Å²) in [7, 11) is 0.